The van der Waals surface area contributed by atoms with E-state index in [0.29, 0.717) is 13.0 Å². The van der Waals surface area contributed by atoms with Gasteiger partial charge >= 0.3 is 0 Å². The Morgan fingerprint density at radius 2 is 2.50 bits per heavy atom. The lowest BCUT2D eigenvalue weighted by Crippen LogP contribution is -2.44. The lowest BCUT2D eigenvalue weighted by molar-refractivity contribution is -0.0527. The van der Waals surface area contributed by atoms with Crippen molar-refractivity contribution in [1.29, 1.82) is 0 Å². The molecular formula is C13H19NO3S. The van der Waals surface area contributed by atoms with E-state index in [1.807, 2.05) is 17.5 Å². The number of ketones is 1. The van der Waals surface area contributed by atoms with Crippen LogP contribution in [0.3, 0.4) is 0 Å². The topological polar surface area (TPSA) is 49.8 Å². The number of aliphatic hydroxyl groups excluding tert-OH is 1. The summed E-state index contributed by atoms with van der Waals surface area (Å²) < 4.78 is 5.39. The van der Waals surface area contributed by atoms with E-state index < -0.39 is 0 Å². The average molecular weight is 269 g/mol. The van der Waals surface area contributed by atoms with Gasteiger partial charge in [-0.2, -0.15) is 0 Å². The average Bonchev–Trinajstić information content (AvgIpc) is 2.93. The van der Waals surface area contributed by atoms with Gasteiger partial charge in [-0.1, -0.05) is 6.07 Å². The Morgan fingerprint density at radius 3 is 3.22 bits per heavy atom. The van der Waals surface area contributed by atoms with Gasteiger partial charge < -0.3 is 9.84 Å². The maximum absolute atomic E-state index is 11.8. The molecule has 1 N–H and O–H groups in total. The van der Waals surface area contributed by atoms with Crippen molar-refractivity contribution in [3.8, 4) is 0 Å². The van der Waals surface area contributed by atoms with E-state index >= 15 is 0 Å². The van der Waals surface area contributed by atoms with Gasteiger partial charge in [-0.05, 0) is 24.4 Å². The second kappa shape index (κ2) is 6.99. The third-order valence-electron chi connectivity index (χ3n) is 3.10. The molecule has 1 saturated heterocycles. The smallest absolute Gasteiger partial charge is 0.172 e. The van der Waals surface area contributed by atoms with Gasteiger partial charge in [-0.25, -0.2) is 0 Å². The predicted molar refractivity (Wildman–Crippen MR) is 71.1 cm³/mol. The van der Waals surface area contributed by atoms with E-state index in [1.54, 1.807) is 0 Å². The lowest BCUT2D eigenvalue weighted by Gasteiger charge is -2.31. The van der Waals surface area contributed by atoms with E-state index in [1.165, 1.54) is 11.3 Å². The van der Waals surface area contributed by atoms with Crippen molar-refractivity contribution < 1.29 is 14.6 Å². The van der Waals surface area contributed by atoms with E-state index in [2.05, 4.69) is 4.90 Å². The van der Waals surface area contributed by atoms with Gasteiger partial charge in [0.15, 0.2) is 5.78 Å². The summed E-state index contributed by atoms with van der Waals surface area (Å²) in [5.74, 6) is 0.233. The molecule has 1 aromatic rings. The Bertz CT molecular complexity index is 366. The molecule has 100 valence electrons. The number of Topliss-reactive ketones (excluding diaryl/α,β-unsaturated/α-hetero) is 1. The van der Waals surface area contributed by atoms with Gasteiger partial charge in [0, 0.05) is 19.5 Å². The minimum atomic E-state index is -0.0632. The van der Waals surface area contributed by atoms with Gasteiger partial charge in [-0.3, -0.25) is 9.69 Å². The quantitative estimate of drug-likeness (QED) is 0.793. The molecule has 1 atom stereocenters. The molecule has 0 amide bonds. The number of hydrogen-bond donors (Lipinski definition) is 1. The molecule has 1 unspecified atom stereocenters. The Balaban J connectivity index is 1.67. The molecule has 4 nitrogen and oxygen atoms in total. The summed E-state index contributed by atoms with van der Waals surface area (Å²) >= 11 is 1.50. The van der Waals surface area contributed by atoms with Crippen molar-refractivity contribution >= 4 is 17.1 Å². The van der Waals surface area contributed by atoms with Crippen LogP contribution in [0, 0.1) is 0 Å². The Kier molecular flexibility index (Phi) is 5.31. The molecule has 1 fully saturated rings. The second-order valence-corrected chi connectivity index (χ2v) is 5.43. The molecule has 0 radical (unpaired) electrons. The number of hydrogen-bond acceptors (Lipinski definition) is 5. The maximum Gasteiger partial charge on any atom is 0.172 e. The minimum absolute atomic E-state index is 0.0632. The normalized spacial score (nSPS) is 21.1. The maximum atomic E-state index is 11.8. The fourth-order valence-corrected chi connectivity index (χ4v) is 2.81. The summed E-state index contributed by atoms with van der Waals surface area (Å²) in [6.07, 6.45) is 1.41. The summed E-state index contributed by atoms with van der Waals surface area (Å²) in [6, 6.07) is 3.79. The zero-order valence-corrected chi connectivity index (χ0v) is 11.2. The molecule has 2 rings (SSSR count). The van der Waals surface area contributed by atoms with Crippen LogP contribution in [0.5, 0.6) is 0 Å². The number of carbonyl (C=O) groups excluding carboxylic acids is 1. The number of aliphatic hydroxyl groups is 1. The van der Waals surface area contributed by atoms with Crippen molar-refractivity contribution in [3.63, 3.8) is 0 Å². The van der Waals surface area contributed by atoms with Crippen LogP contribution in [0.2, 0.25) is 0 Å². The zero-order valence-electron chi connectivity index (χ0n) is 10.4. The molecule has 0 spiro atoms. The largest absolute Gasteiger partial charge is 0.394 e. The third-order valence-corrected chi connectivity index (χ3v) is 4.01. The van der Waals surface area contributed by atoms with E-state index in [0.717, 1.165) is 30.9 Å². The minimum Gasteiger partial charge on any atom is -0.394 e. The Hall–Kier alpha value is -0.750. The molecule has 2 heterocycles. The van der Waals surface area contributed by atoms with Crippen molar-refractivity contribution in [2.75, 3.05) is 32.8 Å². The van der Waals surface area contributed by atoms with E-state index in [-0.39, 0.29) is 18.5 Å². The first kappa shape index (κ1) is 13.7. The number of rotatable bonds is 6. The van der Waals surface area contributed by atoms with Crippen molar-refractivity contribution in [2.24, 2.45) is 0 Å². The molecule has 0 bridgehead atoms. The van der Waals surface area contributed by atoms with Crippen molar-refractivity contribution in [3.05, 3.63) is 22.4 Å². The predicted octanol–water partition coefficient (Wildman–Crippen LogP) is 1.40. The van der Waals surface area contributed by atoms with Crippen LogP contribution in [0.25, 0.3) is 0 Å². The first-order chi connectivity index (χ1) is 8.79. The van der Waals surface area contributed by atoms with Crippen LogP contribution in [0.4, 0.5) is 0 Å². The van der Waals surface area contributed by atoms with Gasteiger partial charge in [0.25, 0.3) is 0 Å². The van der Waals surface area contributed by atoms with Crippen molar-refractivity contribution in [2.45, 2.75) is 18.9 Å². The van der Waals surface area contributed by atoms with Gasteiger partial charge in [0.2, 0.25) is 0 Å². The van der Waals surface area contributed by atoms with Crippen LogP contribution in [-0.2, 0) is 4.74 Å². The van der Waals surface area contributed by atoms with Crippen LogP contribution >= 0.6 is 11.3 Å². The third kappa shape index (κ3) is 3.88. The Morgan fingerprint density at radius 1 is 1.61 bits per heavy atom. The highest BCUT2D eigenvalue weighted by Gasteiger charge is 2.19. The molecule has 1 aliphatic heterocycles. The number of morpholine rings is 1. The first-order valence-corrected chi connectivity index (χ1v) is 7.19. The molecule has 1 aromatic heterocycles. The number of ether oxygens (including phenoxy) is 1. The van der Waals surface area contributed by atoms with Crippen LogP contribution < -0.4 is 0 Å². The monoisotopic (exact) mass is 269 g/mol. The fourth-order valence-electron chi connectivity index (χ4n) is 2.12. The van der Waals surface area contributed by atoms with Gasteiger partial charge in [-0.15, -0.1) is 11.3 Å². The lowest BCUT2D eigenvalue weighted by atomic mass is 10.1. The fraction of sp³-hybridized carbons (Fsp3) is 0.615. The molecule has 1 aliphatic rings. The number of nitrogens with zero attached hydrogens (tertiary/aromatic N) is 1. The summed E-state index contributed by atoms with van der Waals surface area (Å²) in [7, 11) is 0. The van der Waals surface area contributed by atoms with Crippen molar-refractivity contribution in [1.82, 2.24) is 4.90 Å². The highest BCUT2D eigenvalue weighted by Crippen LogP contribution is 2.13. The molecule has 5 heteroatoms. The second-order valence-electron chi connectivity index (χ2n) is 4.48. The van der Waals surface area contributed by atoms with Crippen LogP contribution in [0.15, 0.2) is 17.5 Å². The summed E-state index contributed by atoms with van der Waals surface area (Å²) in [5.41, 5.74) is 0. The van der Waals surface area contributed by atoms with Gasteiger partial charge in [0.1, 0.15) is 0 Å². The zero-order chi connectivity index (χ0) is 12.8. The summed E-state index contributed by atoms with van der Waals surface area (Å²) in [4.78, 5) is 14.9. The van der Waals surface area contributed by atoms with E-state index in [4.69, 9.17) is 9.84 Å². The standard InChI is InChI=1S/C13H19NO3S/c15-10-11-9-14(6-7-17-11)5-1-3-12(16)13-4-2-8-18-13/h2,4,8,11,15H,1,3,5-7,9-10H2. The highest BCUT2D eigenvalue weighted by atomic mass is 32.1. The van der Waals surface area contributed by atoms with Crippen LogP contribution in [-0.4, -0.2) is 54.7 Å². The summed E-state index contributed by atoms with van der Waals surface area (Å²) in [6.45, 7) is 3.30. The molecular weight excluding hydrogens is 250 g/mol. The van der Waals surface area contributed by atoms with E-state index in [9.17, 15) is 4.79 Å². The first-order valence-electron chi connectivity index (χ1n) is 6.31. The highest BCUT2D eigenvalue weighted by molar-refractivity contribution is 7.12. The number of carbonyl (C=O) groups is 1. The molecule has 0 aliphatic carbocycles. The van der Waals surface area contributed by atoms with Gasteiger partial charge in [0.05, 0.1) is 24.2 Å². The van der Waals surface area contributed by atoms with Crippen LogP contribution in [0.1, 0.15) is 22.5 Å². The number of thiophene rings is 1. The molecule has 0 saturated carbocycles. The summed E-state index contributed by atoms with van der Waals surface area (Å²) in [5, 5.41) is 11.0. The molecule has 18 heavy (non-hydrogen) atoms. The SMILES string of the molecule is O=C(CCCN1CCOC(CO)C1)c1cccs1. The molecule has 0 aromatic carbocycles. The Labute approximate surface area is 111 Å².